The lowest BCUT2D eigenvalue weighted by molar-refractivity contribution is 1.06. The van der Waals surface area contributed by atoms with Gasteiger partial charge in [0.2, 0.25) is 0 Å². The number of para-hydroxylation sites is 1. The Kier molecular flexibility index (Phi) is 1.69. The summed E-state index contributed by atoms with van der Waals surface area (Å²) in [7, 11) is 0. The van der Waals surface area contributed by atoms with Gasteiger partial charge < -0.3 is 5.73 Å². The first-order valence-electron chi connectivity index (χ1n) is 4.80. The molecular weight excluding hydrogens is 188 g/mol. The van der Waals surface area contributed by atoms with Crippen LogP contribution in [0.1, 0.15) is 5.56 Å². The van der Waals surface area contributed by atoms with Gasteiger partial charge in [0, 0.05) is 6.54 Å². The van der Waals surface area contributed by atoms with Crippen LogP contribution in [-0.2, 0) is 6.54 Å². The third-order valence-corrected chi connectivity index (χ3v) is 2.60. The van der Waals surface area contributed by atoms with E-state index in [0.717, 1.165) is 22.1 Å². The summed E-state index contributed by atoms with van der Waals surface area (Å²) in [5, 5.41) is 9.07. The van der Waals surface area contributed by atoms with Crippen molar-refractivity contribution in [1.82, 2.24) is 14.6 Å². The number of nitrogens with two attached hydrogens (primary N) is 1. The Bertz CT molecular complexity index is 627. The van der Waals surface area contributed by atoms with Gasteiger partial charge in [-0.15, -0.1) is 10.2 Å². The summed E-state index contributed by atoms with van der Waals surface area (Å²) in [5.41, 5.74) is 8.78. The summed E-state index contributed by atoms with van der Waals surface area (Å²) < 4.78 is 1.97. The van der Waals surface area contributed by atoms with Crippen LogP contribution in [0.4, 0.5) is 0 Å². The molecule has 0 saturated carbocycles. The minimum absolute atomic E-state index is 0.522. The van der Waals surface area contributed by atoms with Crippen LogP contribution in [0.3, 0.4) is 0 Å². The summed E-state index contributed by atoms with van der Waals surface area (Å²) in [4.78, 5) is 0. The molecule has 0 fully saturated rings. The molecule has 0 spiro atoms. The molecule has 0 radical (unpaired) electrons. The number of aromatic nitrogens is 3. The normalized spacial score (nSPS) is 11.3. The number of rotatable bonds is 1. The van der Waals surface area contributed by atoms with Crippen LogP contribution >= 0.6 is 0 Å². The van der Waals surface area contributed by atoms with E-state index in [1.165, 1.54) is 0 Å². The third-order valence-electron chi connectivity index (χ3n) is 2.60. The molecule has 4 nitrogen and oxygen atoms in total. The van der Waals surface area contributed by atoms with Crippen LogP contribution in [-0.4, -0.2) is 14.6 Å². The molecular formula is C11H10N4. The topological polar surface area (TPSA) is 56.2 Å². The lowest BCUT2D eigenvalue weighted by atomic mass is 10.1. The third kappa shape index (κ3) is 1.12. The van der Waals surface area contributed by atoms with Crippen LogP contribution in [0.2, 0.25) is 0 Å². The van der Waals surface area contributed by atoms with Crippen LogP contribution in [0, 0.1) is 0 Å². The zero-order valence-electron chi connectivity index (χ0n) is 8.09. The molecule has 0 aliphatic carbocycles. The smallest absolute Gasteiger partial charge is 0.161 e. The lowest BCUT2D eigenvalue weighted by Gasteiger charge is -2.05. The Balaban J connectivity index is 2.58. The monoisotopic (exact) mass is 198 g/mol. The second-order valence-electron chi connectivity index (χ2n) is 3.45. The van der Waals surface area contributed by atoms with Gasteiger partial charge in [0.1, 0.15) is 6.33 Å². The van der Waals surface area contributed by atoms with Crippen molar-refractivity contribution in [3.8, 4) is 0 Å². The Morgan fingerprint density at radius 3 is 3.00 bits per heavy atom. The van der Waals surface area contributed by atoms with E-state index in [-0.39, 0.29) is 0 Å². The standard InChI is InChI=1S/C11H10N4/c12-6-9-3-1-2-8-4-5-10-14-13-7-15(10)11(8)9/h1-5,7H,6,12H2. The van der Waals surface area contributed by atoms with Crippen LogP contribution in [0.15, 0.2) is 36.7 Å². The van der Waals surface area contributed by atoms with Crippen molar-refractivity contribution < 1.29 is 0 Å². The van der Waals surface area contributed by atoms with Gasteiger partial charge in [-0.2, -0.15) is 0 Å². The Morgan fingerprint density at radius 1 is 1.20 bits per heavy atom. The number of benzene rings is 1. The van der Waals surface area contributed by atoms with Gasteiger partial charge in [0.15, 0.2) is 5.65 Å². The minimum atomic E-state index is 0.522. The van der Waals surface area contributed by atoms with Crippen molar-refractivity contribution in [1.29, 1.82) is 0 Å². The molecule has 0 atom stereocenters. The molecule has 0 aliphatic rings. The van der Waals surface area contributed by atoms with Crippen LogP contribution in [0.25, 0.3) is 16.6 Å². The van der Waals surface area contributed by atoms with E-state index >= 15 is 0 Å². The number of nitrogens with zero attached hydrogens (tertiary/aromatic N) is 3. The first-order valence-corrected chi connectivity index (χ1v) is 4.80. The molecule has 74 valence electrons. The highest BCUT2D eigenvalue weighted by molar-refractivity contribution is 5.84. The first kappa shape index (κ1) is 8.38. The zero-order valence-corrected chi connectivity index (χ0v) is 8.09. The van der Waals surface area contributed by atoms with E-state index in [2.05, 4.69) is 16.3 Å². The highest BCUT2D eigenvalue weighted by atomic mass is 15.2. The molecule has 3 rings (SSSR count). The van der Waals surface area contributed by atoms with Crippen LogP contribution < -0.4 is 5.73 Å². The molecule has 4 heteroatoms. The van der Waals surface area contributed by atoms with E-state index in [4.69, 9.17) is 5.73 Å². The average molecular weight is 198 g/mol. The predicted octanol–water partition coefficient (Wildman–Crippen LogP) is 1.34. The predicted molar refractivity (Wildman–Crippen MR) is 58.4 cm³/mol. The molecule has 0 bridgehead atoms. The summed E-state index contributed by atoms with van der Waals surface area (Å²) in [6, 6.07) is 10.1. The second kappa shape index (κ2) is 3.03. The van der Waals surface area contributed by atoms with E-state index in [1.807, 2.05) is 28.7 Å². The van der Waals surface area contributed by atoms with Crippen molar-refractivity contribution in [3.05, 3.63) is 42.2 Å². The number of hydrogen-bond donors (Lipinski definition) is 1. The summed E-state index contributed by atoms with van der Waals surface area (Å²) >= 11 is 0. The van der Waals surface area contributed by atoms with Crippen molar-refractivity contribution >= 4 is 16.6 Å². The second-order valence-corrected chi connectivity index (χ2v) is 3.45. The van der Waals surface area contributed by atoms with E-state index in [9.17, 15) is 0 Å². The molecule has 0 amide bonds. The molecule has 1 aromatic carbocycles. The van der Waals surface area contributed by atoms with Gasteiger partial charge in [-0.3, -0.25) is 4.40 Å². The van der Waals surface area contributed by atoms with E-state index in [0.29, 0.717) is 6.54 Å². The Labute approximate surface area is 86.3 Å². The van der Waals surface area contributed by atoms with E-state index in [1.54, 1.807) is 6.33 Å². The minimum Gasteiger partial charge on any atom is -0.326 e. The maximum atomic E-state index is 5.72. The summed E-state index contributed by atoms with van der Waals surface area (Å²) in [5.74, 6) is 0. The van der Waals surface area contributed by atoms with Gasteiger partial charge in [-0.05, 0) is 23.1 Å². The lowest BCUT2D eigenvalue weighted by Crippen LogP contribution is -2.00. The molecule has 2 aromatic heterocycles. The molecule has 3 aromatic rings. The van der Waals surface area contributed by atoms with Gasteiger partial charge in [-0.1, -0.05) is 18.2 Å². The quantitative estimate of drug-likeness (QED) is 0.642. The molecule has 0 aliphatic heterocycles. The summed E-state index contributed by atoms with van der Waals surface area (Å²) in [6.45, 7) is 0.522. The van der Waals surface area contributed by atoms with Crippen molar-refractivity contribution in [2.45, 2.75) is 6.54 Å². The summed E-state index contributed by atoms with van der Waals surface area (Å²) in [6.07, 6.45) is 1.72. The SMILES string of the molecule is NCc1cccc2ccc3nncn3c12. The number of hydrogen-bond acceptors (Lipinski definition) is 3. The van der Waals surface area contributed by atoms with Gasteiger partial charge in [-0.25, -0.2) is 0 Å². The maximum Gasteiger partial charge on any atom is 0.161 e. The Hall–Kier alpha value is -1.94. The van der Waals surface area contributed by atoms with E-state index < -0.39 is 0 Å². The maximum absolute atomic E-state index is 5.72. The first-order chi connectivity index (χ1) is 7.40. The number of fused-ring (bicyclic) bond motifs is 3. The van der Waals surface area contributed by atoms with Gasteiger partial charge in [0.05, 0.1) is 5.52 Å². The molecule has 2 N–H and O–H groups in total. The van der Waals surface area contributed by atoms with Crippen LogP contribution in [0.5, 0.6) is 0 Å². The fraction of sp³-hybridized carbons (Fsp3) is 0.0909. The molecule has 0 saturated heterocycles. The van der Waals surface area contributed by atoms with Crippen molar-refractivity contribution in [3.63, 3.8) is 0 Å². The van der Waals surface area contributed by atoms with Crippen molar-refractivity contribution in [2.75, 3.05) is 0 Å². The Morgan fingerprint density at radius 2 is 2.13 bits per heavy atom. The van der Waals surface area contributed by atoms with Gasteiger partial charge in [0.25, 0.3) is 0 Å². The molecule has 2 heterocycles. The average Bonchev–Trinajstić information content (AvgIpc) is 2.76. The highest BCUT2D eigenvalue weighted by Gasteiger charge is 2.04. The fourth-order valence-corrected chi connectivity index (χ4v) is 1.90. The van der Waals surface area contributed by atoms with Crippen molar-refractivity contribution in [2.24, 2.45) is 5.73 Å². The molecule has 0 unspecified atom stereocenters. The highest BCUT2D eigenvalue weighted by Crippen LogP contribution is 2.19. The van der Waals surface area contributed by atoms with Gasteiger partial charge >= 0.3 is 0 Å². The fourth-order valence-electron chi connectivity index (χ4n) is 1.90. The largest absolute Gasteiger partial charge is 0.326 e. The number of pyridine rings is 1. The molecule has 15 heavy (non-hydrogen) atoms. The zero-order chi connectivity index (χ0) is 10.3.